The Morgan fingerprint density at radius 2 is 1.88 bits per heavy atom. The van der Waals surface area contributed by atoms with E-state index in [-0.39, 0.29) is 5.75 Å². The average molecular weight is 239 g/mol. The van der Waals surface area contributed by atoms with E-state index < -0.39 is 9.84 Å². The van der Waals surface area contributed by atoms with Crippen LogP contribution in [0, 0.1) is 0 Å². The molecule has 0 amide bonds. The van der Waals surface area contributed by atoms with E-state index in [0.29, 0.717) is 17.5 Å². The van der Waals surface area contributed by atoms with Crippen LogP contribution in [0.5, 0.6) is 0 Å². The van der Waals surface area contributed by atoms with Gasteiger partial charge in [-0.05, 0) is 25.0 Å². The molecular weight excluding hydrogens is 222 g/mol. The average Bonchev–Trinajstić information content (AvgIpc) is 2.23. The first-order valence-corrected chi connectivity index (χ1v) is 7.35. The number of benzene rings is 1. The van der Waals surface area contributed by atoms with Crippen LogP contribution in [-0.4, -0.2) is 26.8 Å². The van der Waals surface area contributed by atoms with Crippen LogP contribution in [0.25, 0.3) is 0 Å². The van der Waals surface area contributed by atoms with Gasteiger partial charge in [-0.25, -0.2) is 8.42 Å². The van der Waals surface area contributed by atoms with Gasteiger partial charge in [-0.2, -0.15) is 0 Å². The number of hydrogen-bond acceptors (Lipinski definition) is 3. The van der Waals surface area contributed by atoms with Gasteiger partial charge in [-0.3, -0.25) is 0 Å². The fourth-order valence-electron chi connectivity index (χ4n) is 1.76. The monoisotopic (exact) mass is 239 g/mol. The van der Waals surface area contributed by atoms with Gasteiger partial charge in [-0.15, -0.1) is 0 Å². The first-order chi connectivity index (χ1) is 7.68. The zero-order chi connectivity index (χ0) is 11.4. The summed E-state index contributed by atoms with van der Waals surface area (Å²) in [7, 11) is -3.10. The molecule has 1 aromatic rings. The smallest absolute Gasteiger partial charge is 0.179 e. The van der Waals surface area contributed by atoms with E-state index in [1.54, 1.807) is 24.3 Å². The summed E-state index contributed by atoms with van der Waals surface area (Å²) in [6.45, 7) is 0.557. The molecular formula is C12H17NO2S. The molecule has 0 aliphatic heterocycles. The second-order valence-electron chi connectivity index (χ2n) is 4.21. The topological polar surface area (TPSA) is 46.2 Å². The van der Waals surface area contributed by atoms with E-state index in [1.807, 2.05) is 6.07 Å². The predicted octanol–water partition coefficient (Wildman–Crippen LogP) is 1.60. The molecule has 0 aromatic heterocycles. The van der Waals surface area contributed by atoms with Crippen molar-refractivity contribution >= 4 is 9.84 Å². The highest BCUT2D eigenvalue weighted by atomic mass is 32.2. The predicted molar refractivity (Wildman–Crippen MR) is 64.1 cm³/mol. The van der Waals surface area contributed by atoms with E-state index >= 15 is 0 Å². The van der Waals surface area contributed by atoms with Crippen LogP contribution in [0.4, 0.5) is 0 Å². The summed E-state index contributed by atoms with van der Waals surface area (Å²) in [6, 6.07) is 9.19. The number of hydrogen-bond donors (Lipinski definition) is 1. The molecule has 0 heterocycles. The maximum Gasteiger partial charge on any atom is 0.179 e. The summed E-state index contributed by atoms with van der Waals surface area (Å²) in [5.41, 5.74) is 0. The third-order valence-electron chi connectivity index (χ3n) is 3.01. The Morgan fingerprint density at radius 3 is 2.44 bits per heavy atom. The molecule has 1 fully saturated rings. The zero-order valence-electron chi connectivity index (χ0n) is 9.22. The van der Waals surface area contributed by atoms with Crippen molar-refractivity contribution in [1.82, 2.24) is 5.32 Å². The van der Waals surface area contributed by atoms with Crippen molar-refractivity contribution in [1.29, 1.82) is 0 Å². The first kappa shape index (κ1) is 11.6. The minimum atomic E-state index is -3.10. The van der Waals surface area contributed by atoms with Gasteiger partial charge in [0.2, 0.25) is 0 Å². The van der Waals surface area contributed by atoms with Crippen LogP contribution < -0.4 is 5.32 Å². The summed E-state index contributed by atoms with van der Waals surface area (Å²) < 4.78 is 23.8. The van der Waals surface area contributed by atoms with E-state index in [0.717, 1.165) is 0 Å². The maximum atomic E-state index is 11.9. The second-order valence-corrected chi connectivity index (χ2v) is 6.32. The summed E-state index contributed by atoms with van der Waals surface area (Å²) in [5.74, 6) is 0.188. The first-order valence-electron chi connectivity index (χ1n) is 5.70. The summed E-state index contributed by atoms with van der Waals surface area (Å²) >= 11 is 0. The Bertz CT molecular complexity index is 424. The molecule has 16 heavy (non-hydrogen) atoms. The molecule has 1 saturated carbocycles. The van der Waals surface area contributed by atoms with Crippen molar-refractivity contribution in [2.24, 2.45) is 0 Å². The van der Waals surface area contributed by atoms with Crippen molar-refractivity contribution < 1.29 is 8.42 Å². The van der Waals surface area contributed by atoms with Crippen molar-refractivity contribution in [3.8, 4) is 0 Å². The van der Waals surface area contributed by atoms with Gasteiger partial charge in [-0.1, -0.05) is 24.6 Å². The summed E-state index contributed by atoms with van der Waals surface area (Å²) in [5, 5.41) is 3.27. The van der Waals surface area contributed by atoms with Crippen LogP contribution in [0.2, 0.25) is 0 Å². The third kappa shape index (κ3) is 2.83. The zero-order valence-corrected chi connectivity index (χ0v) is 10.0. The molecule has 0 saturated heterocycles. The lowest BCUT2D eigenvalue weighted by Gasteiger charge is -2.26. The van der Waals surface area contributed by atoms with Gasteiger partial charge in [0.25, 0.3) is 0 Å². The van der Waals surface area contributed by atoms with Gasteiger partial charge in [0, 0.05) is 12.6 Å². The normalized spacial score (nSPS) is 17.0. The Balaban J connectivity index is 1.87. The van der Waals surface area contributed by atoms with Gasteiger partial charge < -0.3 is 5.32 Å². The molecule has 1 N–H and O–H groups in total. The Labute approximate surface area is 96.8 Å². The summed E-state index contributed by atoms with van der Waals surface area (Å²) in [6.07, 6.45) is 3.64. The SMILES string of the molecule is O=S(=O)(CCNC1CCC1)c1ccccc1. The third-order valence-corrected chi connectivity index (χ3v) is 4.74. The lowest BCUT2D eigenvalue weighted by Crippen LogP contribution is -2.37. The molecule has 0 bridgehead atoms. The molecule has 0 radical (unpaired) electrons. The van der Waals surface area contributed by atoms with Crippen LogP contribution in [0.1, 0.15) is 19.3 Å². The molecule has 0 spiro atoms. The van der Waals surface area contributed by atoms with Gasteiger partial charge >= 0.3 is 0 Å². The number of nitrogens with one attached hydrogen (secondary N) is 1. The van der Waals surface area contributed by atoms with Crippen LogP contribution in [-0.2, 0) is 9.84 Å². The molecule has 1 aromatic carbocycles. The minimum absolute atomic E-state index is 0.188. The van der Waals surface area contributed by atoms with Gasteiger partial charge in [0.15, 0.2) is 9.84 Å². The van der Waals surface area contributed by atoms with Gasteiger partial charge in [0.05, 0.1) is 10.6 Å². The Hall–Kier alpha value is -0.870. The number of sulfone groups is 1. The van der Waals surface area contributed by atoms with Crippen molar-refractivity contribution in [3.05, 3.63) is 30.3 Å². The molecule has 4 heteroatoms. The minimum Gasteiger partial charge on any atom is -0.313 e. The highest BCUT2D eigenvalue weighted by molar-refractivity contribution is 7.91. The largest absolute Gasteiger partial charge is 0.313 e. The molecule has 3 nitrogen and oxygen atoms in total. The Morgan fingerprint density at radius 1 is 1.19 bits per heavy atom. The van der Waals surface area contributed by atoms with Crippen LogP contribution in [0.15, 0.2) is 35.2 Å². The molecule has 1 aliphatic rings. The summed E-state index contributed by atoms with van der Waals surface area (Å²) in [4.78, 5) is 0.422. The quantitative estimate of drug-likeness (QED) is 0.849. The maximum absolute atomic E-state index is 11.9. The van der Waals surface area contributed by atoms with Crippen LogP contribution in [0.3, 0.4) is 0 Å². The Kier molecular flexibility index (Phi) is 3.61. The molecule has 2 rings (SSSR count). The lowest BCUT2D eigenvalue weighted by atomic mass is 9.93. The van der Waals surface area contributed by atoms with E-state index in [2.05, 4.69) is 5.32 Å². The van der Waals surface area contributed by atoms with E-state index in [9.17, 15) is 8.42 Å². The van der Waals surface area contributed by atoms with Crippen molar-refractivity contribution in [2.75, 3.05) is 12.3 Å². The fourth-order valence-corrected chi connectivity index (χ4v) is 2.95. The standard InChI is InChI=1S/C12H17NO2S/c14-16(15,12-7-2-1-3-8-12)10-9-13-11-5-4-6-11/h1-3,7-8,11,13H,4-6,9-10H2. The highest BCUT2D eigenvalue weighted by Crippen LogP contribution is 2.18. The molecule has 0 unspecified atom stereocenters. The van der Waals surface area contributed by atoms with Crippen molar-refractivity contribution in [3.63, 3.8) is 0 Å². The molecule has 0 atom stereocenters. The van der Waals surface area contributed by atoms with Crippen molar-refractivity contribution in [2.45, 2.75) is 30.2 Å². The highest BCUT2D eigenvalue weighted by Gasteiger charge is 2.18. The van der Waals surface area contributed by atoms with Gasteiger partial charge in [0.1, 0.15) is 0 Å². The fraction of sp³-hybridized carbons (Fsp3) is 0.500. The molecule has 1 aliphatic carbocycles. The lowest BCUT2D eigenvalue weighted by molar-refractivity contribution is 0.346. The van der Waals surface area contributed by atoms with E-state index in [4.69, 9.17) is 0 Å². The number of rotatable bonds is 5. The van der Waals surface area contributed by atoms with Crippen LogP contribution >= 0.6 is 0 Å². The molecule has 88 valence electrons. The second kappa shape index (κ2) is 4.97. The van der Waals surface area contributed by atoms with E-state index in [1.165, 1.54) is 19.3 Å².